The Kier molecular flexibility index (Phi) is 5.01. The van der Waals surface area contributed by atoms with Crippen LogP contribution in [0.4, 0.5) is 0 Å². The summed E-state index contributed by atoms with van der Waals surface area (Å²) in [4.78, 5) is 14.4. The molecule has 0 saturated carbocycles. The van der Waals surface area contributed by atoms with Crippen molar-refractivity contribution < 1.29 is 9.53 Å². The zero-order valence-corrected chi connectivity index (χ0v) is 11.7. The normalized spacial score (nSPS) is 30.4. The number of methoxy groups -OCH3 is 1. The lowest BCUT2D eigenvalue weighted by Gasteiger charge is -2.36. The molecule has 0 aromatic carbocycles. The summed E-state index contributed by atoms with van der Waals surface area (Å²) in [5, 5.41) is 3.41. The molecule has 2 aliphatic heterocycles. The summed E-state index contributed by atoms with van der Waals surface area (Å²) in [6.45, 7) is 5.72. The van der Waals surface area contributed by atoms with E-state index in [2.05, 4.69) is 17.1 Å². The molecule has 18 heavy (non-hydrogen) atoms. The van der Waals surface area contributed by atoms with E-state index < -0.39 is 0 Å². The van der Waals surface area contributed by atoms with E-state index in [1.807, 2.05) is 0 Å². The highest BCUT2D eigenvalue weighted by Crippen LogP contribution is 2.22. The highest BCUT2D eigenvalue weighted by atomic mass is 16.5. The molecular weight excluding hydrogens is 228 g/mol. The minimum Gasteiger partial charge on any atom is -0.384 e. The Morgan fingerprint density at radius 2 is 2.00 bits per heavy atom. The lowest BCUT2D eigenvalue weighted by Crippen LogP contribution is -2.48. The molecule has 1 N–H and O–H groups in total. The van der Waals surface area contributed by atoms with E-state index in [0.29, 0.717) is 17.9 Å². The van der Waals surface area contributed by atoms with Crippen molar-refractivity contribution in [1.82, 2.24) is 10.2 Å². The summed E-state index contributed by atoms with van der Waals surface area (Å²) in [5.74, 6) is 1.22. The Bertz CT molecular complexity index is 267. The van der Waals surface area contributed by atoms with E-state index in [-0.39, 0.29) is 5.92 Å². The number of carbonyl (C=O) groups excluding carboxylic acids is 1. The molecule has 2 unspecified atom stereocenters. The van der Waals surface area contributed by atoms with Crippen LogP contribution in [0.5, 0.6) is 0 Å². The first kappa shape index (κ1) is 13.8. The summed E-state index contributed by atoms with van der Waals surface area (Å²) in [6.07, 6.45) is 4.35. The molecular formula is C14H26N2O2. The van der Waals surface area contributed by atoms with Crippen molar-refractivity contribution in [2.75, 3.05) is 33.4 Å². The predicted octanol–water partition coefficient (Wildman–Crippen LogP) is 1.26. The monoisotopic (exact) mass is 254 g/mol. The van der Waals surface area contributed by atoms with Gasteiger partial charge in [0.15, 0.2) is 0 Å². The molecule has 0 bridgehead atoms. The van der Waals surface area contributed by atoms with Crippen LogP contribution in [0.25, 0.3) is 0 Å². The van der Waals surface area contributed by atoms with Crippen LogP contribution < -0.4 is 5.32 Å². The van der Waals surface area contributed by atoms with Crippen molar-refractivity contribution in [2.45, 2.75) is 38.6 Å². The third-order valence-electron chi connectivity index (χ3n) is 4.34. The van der Waals surface area contributed by atoms with E-state index in [1.165, 1.54) is 0 Å². The topological polar surface area (TPSA) is 41.6 Å². The van der Waals surface area contributed by atoms with Gasteiger partial charge in [-0.15, -0.1) is 0 Å². The van der Waals surface area contributed by atoms with Crippen molar-refractivity contribution in [3.8, 4) is 0 Å². The van der Waals surface area contributed by atoms with Crippen LogP contribution in [-0.2, 0) is 9.53 Å². The molecule has 104 valence electrons. The number of carbonyl (C=O) groups is 1. The van der Waals surface area contributed by atoms with Gasteiger partial charge in [0.05, 0.1) is 5.92 Å². The highest BCUT2D eigenvalue weighted by molar-refractivity contribution is 5.79. The van der Waals surface area contributed by atoms with E-state index >= 15 is 0 Å². The molecule has 2 heterocycles. The molecule has 2 fully saturated rings. The predicted molar refractivity (Wildman–Crippen MR) is 71.4 cm³/mol. The van der Waals surface area contributed by atoms with Crippen molar-refractivity contribution in [3.05, 3.63) is 0 Å². The van der Waals surface area contributed by atoms with Gasteiger partial charge in [0.25, 0.3) is 0 Å². The molecule has 2 atom stereocenters. The smallest absolute Gasteiger partial charge is 0.226 e. The molecule has 2 aliphatic rings. The molecule has 0 aromatic rings. The van der Waals surface area contributed by atoms with Gasteiger partial charge < -0.3 is 15.0 Å². The van der Waals surface area contributed by atoms with Crippen LogP contribution >= 0.6 is 0 Å². The second-order valence-electron chi connectivity index (χ2n) is 5.81. The van der Waals surface area contributed by atoms with Crippen LogP contribution in [0.15, 0.2) is 0 Å². The molecule has 0 radical (unpaired) electrons. The molecule has 1 amide bonds. The Hall–Kier alpha value is -0.610. The van der Waals surface area contributed by atoms with Crippen LogP contribution in [0.2, 0.25) is 0 Å². The van der Waals surface area contributed by atoms with Crippen molar-refractivity contribution in [1.29, 1.82) is 0 Å². The van der Waals surface area contributed by atoms with E-state index in [0.717, 1.165) is 51.9 Å². The lowest BCUT2D eigenvalue weighted by molar-refractivity contribution is -0.137. The van der Waals surface area contributed by atoms with Crippen molar-refractivity contribution in [3.63, 3.8) is 0 Å². The summed E-state index contributed by atoms with van der Waals surface area (Å²) in [5.41, 5.74) is 0. The standard InChI is InChI=1S/C14H26N2O2/c1-11-3-4-13(9-15-11)14(17)16-7-5-12(6-8-16)10-18-2/h11-13,15H,3-10H2,1-2H3. The third kappa shape index (κ3) is 3.45. The van der Waals surface area contributed by atoms with Crippen LogP contribution in [-0.4, -0.2) is 50.2 Å². The fraction of sp³-hybridized carbons (Fsp3) is 0.929. The third-order valence-corrected chi connectivity index (χ3v) is 4.34. The molecule has 2 saturated heterocycles. The number of amides is 1. The van der Waals surface area contributed by atoms with Gasteiger partial charge in [0, 0.05) is 39.4 Å². The Morgan fingerprint density at radius 3 is 2.56 bits per heavy atom. The number of nitrogens with zero attached hydrogens (tertiary/aromatic N) is 1. The number of ether oxygens (including phenoxy) is 1. The maximum Gasteiger partial charge on any atom is 0.226 e. The molecule has 4 heteroatoms. The molecule has 4 nitrogen and oxygen atoms in total. The van der Waals surface area contributed by atoms with Gasteiger partial charge in [-0.3, -0.25) is 4.79 Å². The maximum absolute atomic E-state index is 12.4. The van der Waals surface area contributed by atoms with Crippen molar-refractivity contribution in [2.24, 2.45) is 11.8 Å². The van der Waals surface area contributed by atoms with Gasteiger partial charge in [-0.25, -0.2) is 0 Å². The molecule has 2 rings (SSSR count). The summed E-state index contributed by atoms with van der Waals surface area (Å²) >= 11 is 0. The molecule has 0 aliphatic carbocycles. The van der Waals surface area contributed by atoms with Crippen LogP contribution in [0.1, 0.15) is 32.6 Å². The zero-order valence-electron chi connectivity index (χ0n) is 11.7. The Balaban J connectivity index is 1.77. The lowest BCUT2D eigenvalue weighted by atomic mass is 9.92. The van der Waals surface area contributed by atoms with E-state index in [9.17, 15) is 4.79 Å². The Labute approximate surface area is 110 Å². The quantitative estimate of drug-likeness (QED) is 0.824. The Morgan fingerprint density at radius 1 is 1.28 bits per heavy atom. The van der Waals surface area contributed by atoms with Gasteiger partial charge >= 0.3 is 0 Å². The second-order valence-corrected chi connectivity index (χ2v) is 5.81. The minimum absolute atomic E-state index is 0.208. The molecule has 0 aromatic heterocycles. The highest BCUT2D eigenvalue weighted by Gasteiger charge is 2.30. The van der Waals surface area contributed by atoms with Gasteiger partial charge in [-0.2, -0.15) is 0 Å². The summed E-state index contributed by atoms with van der Waals surface area (Å²) in [7, 11) is 1.76. The molecule has 0 spiro atoms. The number of rotatable bonds is 3. The number of hydrogen-bond acceptors (Lipinski definition) is 3. The number of hydrogen-bond donors (Lipinski definition) is 1. The van der Waals surface area contributed by atoms with Crippen LogP contribution in [0, 0.1) is 11.8 Å². The first-order valence-electron chi connectivity index (χ1n) is 7.21. The van der Waals surface area contributed by atoms with Gasteiger partial charge in [-0.05, 0) is 38.5 Å². The van der Waals surface area contributed by atoms with Gasteiger partial charge in [-0.1, -0.05) is 0 Å². The minimum atomic E-state index is 0.208. The largest absolute Gasteiger partial charge is 0.384 e. The van der Waals surface area contributed by atoms with Crippen LogP contribution in [0.3, 0.4) is 0 Å². The van der Waals surface area contributed by atoms with E-state index in [1.54, 1.807) is 7.11 Å². The number of piperidine rings is 2. The summed E-state index contributed by atoms with van der Waals surface area (Å²) < 4.78 is 5.19. The zero-order chi connectivity index (χ0) is 13.0. The SMILES string of the molecule is COCC1CCN(C(=O)C2CCC(C)NC2)CC1. The summed E-state index contributed by atoms with van der Waals surface area (Å²) in [6, 6.07) is 0.571. The van der Waals surface area contributed by atoms with Gasteiger partial charge in [0.1, 0.15) is 0 Å². The second kappa shape index (κ2) is 6.53. The average molecular weight is 254 g/mol. The first-order chi connectivity index (χ1) is 8.70. The maximum atomic E-state index is 12.4. The first-order valence-corrected chi connectivity index (χ1v) is 7.21. The van der Waals surface area contributed by atoms with Gasteiger partial charge in [0.2, 0.25) is 5.91 Å². The number of nitrogens with one attached hydrogen (secondary N) is 1. The van der Waals surface area contributed by atoms with E-state index in [4.69, 9.17) is 4.74 Å². The fourth-order valence-corrected chi connectivity index (χ4v) is 3.02. The number of likely N-dealkylation sites (tertiary alicyclic amines) is 1. The fourth-order valence-electron chi connectivity index (χ4n) is 3.02. The average Bonchev–Trinajstić information content (AvgIpc) is 2.40. The van der Waals surface area contributed by atoms with Crippen molar-refractivity contribution >= 4 is 5.91 Å².